The van der Waals surface area contributed by atoms with E-state index in [2.05, 4.69) is 25.4 Å². The van der Waals surface area contributed by atoms with Crippen molar-refractivity contribution in [3.63, 3.8) is 0 Å². The number of amides is 1. The molecule has 0 atom stereocenters. The summed E-state index contributed by atoms with van der Waals surface area (Å²) in [6.07, 6.45) is 4.91. The molecule has 0 unspecified atom stereocenters. The van der Waals surface area contributed by atoms with Crippen molar-refractivity contribution in [1.29, 1.82) is 0 Å². The molecule has 0 saturated carbocycles. The Bertz CT molecular complexity index is 774. The molecule has 0 aliphatic heterocycles. The Morgan fingerprint density at radius 1 is 1.45 bits per heavy atom. The first-order valence-electron chi connectivity index (χ1n) is 5.80. The van der Waals surface area contributed by atoms with Crippen LogP contribution in [-0.2, 0) is 11.3 Å². The number of nitrogens with one attached hydrogen (secondary N) is 2. The third-order valence-electron chi connectivity index (χ3n) is 2.65. The van der Waals surface area contributed by atoms with E-state index in [0.29, 0.717) is 23.1 Å². The summed E-state index contributed by atoms with van der Waals surface area (Å²) in [6, 6.07) is 1.80. The largest absolute Gasteiger partial charge is 0.383 e. The number of H-pyrrole nitrogens is 1. The molecule has 3 rings (SSSR count). The number of nitrogens with zero attached hydrogens (tertiary/aromatic N) is 4. The van der Waals surface area contributed by atoms with Crippen molar-refractivity contribution in [2.24, 2.45) is 5.73 Å². The summed E-state index contributed by atoms with van der Waals surface area (Å²) in [5.41, 5.74) is 12.2. The predicted molar refractivity (Wildman–Crippen MR) is 73.0 cm³/mol. The number of hydrogen-bond donors (Lipinski definition) is 4. The number of fused-ring (bicyclic) bond motifs is 1. The average molecular weight is 272 g/mol. The average Bonchev–Trinajstić information content (AvgIpc) is 2.98. The minimum Gasteiger partial charge on any atom is -0.383 e. The van der Waals surface area contributed by atoms with Gasteiger partial charge in [-0.05, 0) is 6.07 Å². The van der Waals surface area contributed by atoms with Crippen molar-refractivity contribution in [2.75, 3.05) is 11.1 Å². The molecule has 0 saturated heterocycles. The Hall–Kier alpha value is -3.10. The van der Waals surface area contributed by atoms with Gasteiger partial charge in [0.25, 0.3) is 0 Å². The van der Waals surface area contributed by atoms with Crippen LogP contribution in [0, 0.1) is 0 Å². The summed E-state index contributed by atoms with van der Waals surface area (Å²) in [7, 11) is 0. The van der Waals surface area contributed by atoms with E-state index in [0.717, 1.165) is 5.39 Å². The third-order valence-corrected chi connectivity index (χ3v) is 2.65. The predicted octanol–water partition coefficient (Wildman–Crippen LogP) is -0.0345. The molecule has 1 amide bonds. The fourth-order valence-corrected chi connectivity index (χ4v) is 1.82. The van der Waals surface area contributed by atoms with E-state index < -0.39 is 5.91 Å². The van der Waals surface area contributed by atoms with Crippen molar-refractivity contribution < 1.29 is 4.79 Å². The van der Waals surface area contributed by atoms with Crippen LogP contribution in [0.2, 0.25) is 0 Å². The number of hydrogen-bond acceptors (Lipinski definition) is 6. The summed E-state index contributed by atoms with van der Waals surface area (Å²) in [6.45, 7) is 0.0142. The Labute approximate surface area is 113 Å². The van der Waals surface area contributed by atoms with Crippen molar-refractivity contribution >= 4 is 34.4 Å². The van der Waals surface area contributed by atoms with Crippen LogP contribution in [0.25, 0.3) is 11.0 Å². The van der Waals surface area contributed by atoms with E-state index in [4.69, 9.17) is 11.5 Å². The molecule has 3 aromatic rings. The minimum absolute atomic E-state index is 0.0142. The van der Waals surface area contributed by atoms with Crippen LogP contribution in [0.5, 0.6) is 0 Å². The summed E-state index contributed by atoms with van der Waals surface area (Å²) in [5, 5.41) is 7.71. The maximum atomic E-state index is 10.8. The molecule has 102 valence electrons. The van der Waals surface area contributed by atoms with Gasteiger partial charge < -0.3 is 21.8 Å². The number of carbonyl (C=O) groups excluding carboxylic acids is 1. The van der Waals surface area contributed by atoms with Gasteiger partial charge in [-0.15, -0.1) is 0 Å². The molecule has 6 N–H and O–H groups in total. The number of anilines is 3. The Kier molecular flexibility index (Phi) is 2.71. The van der Waals surface area contributed by atoms with E-state index in [1.807, 2.05) is 0 Å². The Morgan fingerprint density at radius 2 is 2.30 bits per heavy atom. The second-order valence-electron chi connectivity index (χ2n) is 4.19. The number of aromatic nitrogens is 5. The number of nitrogen functional groups attached to an aromatic ring is 1. The number of aromatic amines is 1. The van der Waals surface area contributed by atoms with Gasteiger partial charge in [-0.1, -0.05) is 0 Å². The summed E-state index contributed by atoms with van der Waals surface area (Å²) < 4.78 is 1.42. The van der Waals surface area contributed by atoms with Crippen LogP contribution >= 0.6 is 0 Å². The standard InChI is InChI=1S/C11H12N8O/c12-8(20)5-19-4-6(3-15-19)16-11-17-9(13)7-1-2-14-10(7)18-11/h1-4H,5H2,(H2,12,20)(H4,13,14,16,17,18). The molecule has 0 fully saturated rings. The van der Waals surface area contributed by atoms with Crippen molar-refractivity contribution in [3.05, 3.63) is 24.7 Å². The van der Waals surface area contributed by atoms with Crippen LogP contribution in [0.4, 0.5) is 17.5 Å². The second-order valence-corrected chi connectivity index (χ2v) is 4.19. The smallest absolute Gasteiger partial charge is 0.239 e. The van der Waals surface area contributed by atoms with Gasteiger partial charge in [-0.2, -0.15) is 15.1 Å². The van der Waals surface area contributed by atoms with Crippen molar-refractivity contribution in [2.45, 2.75) is 6.54 Å². The Balaban J connectivity index is 1.85. The maximum absolute atomic E-state index is 10.8. The summed E-state index contributed by atoms with van der Waals surface area (Å²) >= 11 is 0. The van der Waals surface area contributed by atoms with E-state index in [-0.39, 0.29) is 6.54 Å². The first-order valence-corrected chi connectivity index (χ1v) is 5.80. The highest BCUT2D eigenvalue weighted by Crippen LogP contribution is 2.20. The molecule has 9 nitrogen and oxygen atoms in total. The molecular weight excluding hydrogens is 260 g/mol. The highest BCUT2D eigenvalue weighted by Gasteiger charge is 2.07. The molecule has 0 aliphatic rings. The van der Waals surface area contributed by atoms with Crippen molar-refractivity contribution in [3.8, 4) is 0 Å². The fourth-order valence-electron chi connectivity index (χ4n) is 1.82. The van der Waals surface area contributed by atoms with Gasteiger partial charge in [-0.25, -0.2) is 0 Å². The maximum Gasteiger partial charge on any atom is 0.239 e. The van der Waals surface area contributed by atoms with E-state index >= 15 is 0 Å². The number of nitrogens with two attached hydrogens (primary N) is 2. The Morgan fingerprint density at radius 3 is 3.10 bits per heavy atom. The molecule has 3 aromatic heterocycles. The normalized spacial score (nSPS) is 10.8. The topological polar surface area (TPSA) is 141 Å². The van der Waals surface area contributed by atoms with Gasteiger partial charge >= 0.3 is 0 Å². The molecule has 0 aromatic carbocycles. The van der Waals surface area contributed by atoms with E-state index in [1.165, 1.54) is 4.68 Å². The third kappa shape index (κ3) is 2.23. The summed E-state index contributed by atoms with van der Waals surface area (Å²) in [4.78, 5) is 22.2. The van der Waals surface area contributed by atoms with Crippen molar-refractivity contribution in [1.82, 2.24) is 24.7 Å². The number of primary amides is 1. The van der Waals surface area contributed by atoms with E-state index in [9.17, 15) is 4.79 Å². The van der Waals surface area contributed by atoms with Crippen LogP contribution in [-0.4, -0.2) is 30.6 Å². The molecule has 0 bridgehead atoms. The molecule has 0 spiro atoms. The highest BCUT2D eigenvalue weighted by atomic mass is 16.1. The van der Waals surface area contributed by atoms with Crippen LogP contribution in [0.3, 0.4) is 0 Å². The second kappa shape index (κ2) is 4.53. The zero-order valence-electron chi connectivity index (χ0n) is 10.4. The van der Waals surface area contributed by atoms with Gasteiger partial charge in [0, 0.05) is 12.4 Å². The fraction of sp³-hybridized carbons (Fsp3) is 0.0909. The monoisotopic (exact) mass is 272 g/mol. The van der Waals surface area contributed by atoms with E-state index in [1.54, 1.807) is 24.7 Å². The van der Waals surface area contributed by atoms with Gasteiger partial charge in [0.1, 0.15) is 18.0 Å². The highest BCUT2D eigenvalue weighted by molar-refractivity contribution is 5.87. The molecule has 20 heavy (non-hydrogen) atoms. The van der Waals surface area contributed by atoms with Gasteiger partial charge in [0.15, 0.2) is 0 Å². The lowest BCUT2D eigenvalue weighted by molar-refractivity contribution is -0.118. The number of rotatable bonds is 4. The van der Waals surface area contributed by atoms with Gasteiger partial charge in [0.05, 0.1) is 17.3 Å². The SMILES string of the molecule is NC(=O)Cn1cc(Nc2nc(N)c3cc[nH]c3n2)cn1. The van der Waals surface area contributed by atoms with Crippen LogP contribution in [0.15, 0.2) is 24.7 Å². The first kappa shape index (κ1) is 12.0. The quantitative estimate of drug-likeness (QED) is 0.525. The zero-order valence-corrected chi connectivity index (χ0v) is 10.4. The van der Waals surface area contributed by atoms with Crippen LogP contribution in [0.1, 0.15) is 0 Å². The lowest BCUT2D eigenvalue weighted by Crippen LogP contribution is -2.18. The molecule has 3 heterocycles. The molecule has 0 radical (unpaired) electrons. The van der Waals surface area contributed by atoms with Crippen LogP contribution < -0.4 is 16.8 Å². The first-order chi connectivity index (χ1) is 9.61. The lowest BCUT2D eigenvalue weighted by atomic mass is 10.4. The molecular formula is C11H12N8O. The summed E-state index contributed by atoms with van der Waals surface area (Å²) in [5.74, 6) is 0.257. The lowest BCUT2D eigenvalue weighted by Gasteiger charge is -2.03. The zero-order chi connectivity index (χ0) is 14.1. The molecule has 0 aliphatic carbocycles. The minimum atomic E-state index is -0.465. The number of carbonyl (C=O) groups is 1. The van der Waals surface area contributed by atoms with Gasteiger partial charge in [0.2, 0.25) is 11.9 Å². The molecule has 9 heteroatoms. The van der Waals surface area contributed by atoms with Gasteiger partial charge in [-0.3, -0.25) is 9.48 Å².